The van der Waals surface area contributed by atoms with Gasteiger partial charge in [0.25, 0.3) is 0 Å². The van der Waals surface area contributed by atoms with Gasteiger partial charge in [-0.05, 0) is 56.2 Å². The van der Waals surface area contributed by atoms with Crippen molar-refractivity contribution in [1.82, 2.24) is 0 Å². The van der Waals surface area contributed by atoms with E-state index in [1.54, 1.807) is 0 Å². The number of rotatable bonds is 6. The van der Waals surface area contributed by atoms with Crippen molar-refractivity contribution >= 4 is 0 Å². The number of benzene rings is 1. The van der Waals surface area contributed by atoms with Gasteiger partial charge < -0.3 is 15.2 Å². The van der Waals surface area contributed by atoms with E-state index >= 15 is 0 Å². The molecule has 2 atom stereocenters. The lowest BCUT2D eigenvalue weighted by Gasteiger charge is -2.31. The van der Waals surface area contributed by atoms with Crippen LogP contribution in [0.15, 0.2) is 18.2 Å². The van der Waals surface area contributed by atoms with Crippen molar-refractivity contribution in [2.75, 3.05) is 6.61 Å². The molecule has 0 aromatic heterocycles. The Morgan fingerprint density at radius 2 is 1.95 bits per heavy atom. The molecular formula is C17H27NO2. The Labute approximate surface area is 122 Å². The topological polar surface area (TPSA) is 44.5 Å². The molecule has 3 heteroatoms. The highest BCUT2D eigenvalue weighted by Gasteiger charge is 2.26. The number of nitrogens with two attached hydrogens (primary N) is 1. The van der Waals surface area contributed by atoms with Gasteiger partial charge in [-0.3, -0.25) is 0 Å². The van der Waals surface area contributed by atoms with E-state index in [2.05, 4.69) is 6.92 Å². The first-order chi connectivity index (χ1) is 9.78. The van der Waals surface area contributed by atoms with Crippen molar-refractivity contribution in [2.45, 2.75) is 58.6 Å². The molecule has 0 amide bonds. The van der Waals surface area contributed by atoms with E-state index in [4.69, 9.17) is 15.2 Å². The van der Waals surface area contributed by atoms with E-state index in [0.29, 0.717) is 25.2 Å². The Morgan fingerprint density at radius 3 is 2.65 bits per heavy atom. The summed E-state index contributed by atoms with van der Waals surface area (Å²) in [5.41, 5.74) is 6.78. The van der Waals surface area contributed by atoms with E-state index in [1.165, 1.54) is 25.7 Å². The van der Waals surface area contributed by atoms with Crippen molar-refractivity contribution in [2.24, 2.45) is 11.7 Å². The number of ether oxygens (including phenoxy) is 2. The largest absolute Gasteiger partial charge is 0.490 e. The molecule has 0 radical (unpaired) electrons. The highest BCUT2D eigenvalue weighted by Crippen LogP contribution is 2.35. The van der Waals surface area contributed by atoms with Gasteiger partial charge in [-0.1, -0.05) is 19.4 Å². The average molecular weight is 277 g/mol. The summed E-state index contributed by atoms with van der Waals surface area (Å²) in [5.74, 6) is 2.37. The first-order valence-corrected chi connectivity index (χ1v) is 7.90. The fourth-order valence-electron chi connectivity index (χ4n) is 3.00. The first-order valence-electron chi connectivity index (χ1n) is 7.90. The summed E-state index contributed by atoms with van der Waals surface area (Å²) >= 11 is 0. The first kappa shape index (κ1) is 15.2. The monoisotopic (exact) mass is 277 g/mol. The molecule has 1 aliphatic carbocycles. The molecule has 3 nitrogen and oxygen atoms in total. The molecular weight excluding hydrogens is 250 g/mol. The lowest BCUT2D eigenvalue weighted by Crippen LogP contribution is -2.30. The van der Waals surface area contributed by atoms with Crippen LogP contribution in [0, 0.1) is 5.92 Å². The maximum Gasteiger partial charge on any atom is 0.161 e. The second-order valence-corrected chi connectivity index (χ2v) is 5.53. The molecule has 2 unspecified atom stereocenters. The van der Waals surface area contributed by atoms with E-state index in [1.807, 2.05) is 25.1 Å². The Hall–Kier alpha value is -1.22. The molecule has 20 heavy (non-hydrogen) atoms. The van der Waals surface area contributed by atoms with Gasteiger partial charge in [0.05, 0.1) is 6.61 Å². The van der Waals surface area contributed by atoms with E-state index in [9.17, 15) is 0 Å². The Balaban J connectivity index is 2.14. The fraction of sp³-hybridized carbons (Fsp3) is 0.647. The molecule has 2 rings (SSSR count). The van der Waals surface area contributed by atoms with Crippen LogP contribution in [-0.4, -0.2) is 12.7 Å². The fourth-order valence-corrected chi connectivity index (χ4v) is 3.00. The van der Waals surface area contributed by atoms with Crippen LogP contribution in [-0.2, 0) is 6.54 Å². The van der Waals surface area contributed by atoms with Gasteiger partial charge in [0, 0.05) is 6.54 Å². The van der Waals surface area contributed by atoms with Gasteiger partial charge in [-0.15, -0.1) is 0 Å². The van der Waals surface area contributed by atoms with Crippen molar-refractivity contribution in [3.63, 3.8) is 0 Å². The SMILES string of the molecule is CCOc1cc(CN)ccc1OC1CCCCC1CC. The highest BCUT2D eigenvalue weighted by molar-refractivity contribution is 5.43. The molecule has 2 N–H and O–H groups in total. The Bertz CT molecular complexity index is 419. The smallest absolute Gasteiger partial charge is 0.161 e. The average Bonchev–Trinajstić information content (AvgIpc) is 2.49. The summed E-state index contributed by atoms with van der Waals surface area (Å²) < 4.78 is 12.0. The highest BCUT2D eigenvalue weighted by atomic mass is 16.5. The normalized spacial score (nSPS) is 22.6. The minimum atomic E-state index is 0.330. The number of hydrogen-bond acceptors (Lipinski definition) is 3. The Morgan fingerprint density at radius 1 is 1.15 bits per heavy atom. The van der Waals surface area contributed by atoms with Crippen LogP contribution >= 0.6 is 0 Å². The molecule has 0 spiro atoms. The van der Waals surface area contributed by atoms with Crippen molar-refractivity contribution in [1.29, 1.82) is 0 Å². The molecule has 112 valence electrons. The molecule has 1 aromatic carbocycles. The van der Waals surface area contributed by atoms with Crippen LogP contribution in [0.4, 0.5) is 0 Å². The molecule has 1 aliphatic rings. The molecule has 1 aromatic rings. The van der Waals surface area contributed by atoms with Gasteiger partial charge in [0.1, 0.15) is 6.10 Å². The summed E-state index contributed by atoms with van der Waals surface area (Å²) in [4.78, 5) is 0. The third-order valence-electron chi connectivity index (χ3n) is 4.19. The maximum absolute atomic E-state index is 6.28. The summed E-state index contributed by atoms with van der Waals surface area (Å²) in [6.45, 7) is 5.43. The van der Waals surface area contributed by atoms with Crippen molar-refractivity contribution < 1.29 is 9.47 Å². The number of hydrogen-bond donors (Lipinski definition) is 1. The van der Waals surface area contributed by atoms with Crippen LogP contribution in [0.25, 0.3) is 0 Å². The Kier molecular flexibility index (Phi) is 5.72. The molecule has 0 saturated heterocycles. The predicted molar refractivity (Wildman–Crippen MR) is 82.2 cm³/mol. The van der Waals surface area contributed by atoms with Crippen molar-refractivity contribution in [3.05, 3.63) is 23.8 Å². The second kappa shape index (κ2) is 7.53. The van der Waals surface area contributed by atoms with Gasteiger partial charge in [-0.25, -0.2) is 0 Å². The van der Waals surface area contributed by atoms with Gasteiger partial charge in [-0.2, -0.15) is 0 Å². The van der Waals surface area contributed by atoms with Crippen molar-refractivity contribution in [3.8, 4) is 11.5 Å². The van der Waals surface area contributed by atoms with Gasteiger partial charge in [0.15, 0.2) is 11.5 Å². The van der Waals surface area contributed by atoms with E-state index in [-0.39, 0.29) is 0 Å². The van der Waals surface area contributed by atoms with Crippen LogP contribution in [0.1, 0.15) is 51.5 Å². The summed E-state index contributed by atoms with van der Waals surface area (Å²) in [7, 11) is 0. The summed E-state index contributed by atoms with van der Waals surface area (Å²) in [6, 6.07) is 6.04. The van der Waals surface area contributed by atoms with E-state index < -0.39 is 0 Å². The zero-order valence-electron chi connectivity index (χ0n) is 12.7. The lowest BCUT2D eigenvalue weighted by atomic mass is 9.85. The zero-order valence-corrected chi connectivity index (χ0v) is 12.7. The zero-order chi connectivity index (χ0) is 14.4. The minimum absolute atomic E-state index is 0.330. The quantitative estimate of drug-likeness (QED) is 0.858. The lowest BCUT2D eigenvalue weighted by molar-refractivity contribution is 0.0865. The molecule has 0 aliphatic heterocycles. The standard InChI is InChI=1S/C17H27NO2/c1-3-14-7-5-6-8-15(14)20-16-10-9-13(12-18)11-17(16)19-4-2/h9-11,14-15H,3-8,12,18H2,1-2H3. The molecule has 1 saturated carbocycles. The summed E-state index contributed by atoms with van der Waals surface area (Å²) in [5, 5.41) is 0. The van der Waals surface area contributed by atoms with Gasteiger partial charge in [0.2, 0.25) is 0 Å². The second-order valence-electron chi connectivity index (χ2n) is 5.53. The van der Waals surface area contributed by atoms with Crippen LogP contribution in [0.3, 0.4) is 0 Å². The third-order valence-corrected chi connectivity index (χ3v) is 4.19. The molecule has 1 fully saturated rings. The maximum atomic E-state index is 6.28. The van der Waals surface area contributed by atoms with Crippen LogP contribution in [0.5, 0.6) is 11.5 Å². The van der Waals surface area contributed by atoms with E-state index in [0.717, 1.165) is 23.5 Å². The molecule has 0 bridgehead atoms. The minimum Gasteiger partial charge on any atom is -0.490 e. The van der Waals surface area contributed by atoms with Gasteiger partial charge >= 0.3 is 0 Å². The predicted octanol–water partition coefficient (Wildman–Crippen LogP) is 3.89. The summed E-state index contributed by atoms with van der Waals surface area (Å²) in [6.07, 6.45) is 6.57. The third kappa shape index (κ3) is 3.66. The van der Waals surface area contributed by atoms with Crippen LogP contribution < -0.4 is 15.2 Å². The van der Waals surface area contributed by atoms with Crippen LogP contribution in [0.2, 0.25) is 0 Å². The molecule has 0 heterocycles.